The summed E-state index contributed by atoms with van der Waals surface area (Å²) in [6.45, 7) is 3.81. The first kappa shape index (κ1) is 11.2. The molecule has 1 N–H and O–H groups in total. The van der Waals surface area contributed by atoms with Crippen LogP contribution in [0, 0.1) is 6.92 Å². The van der Waals surface area contributed by atoms with Gasteiger partial charge in [-0.2, -0.15) is 0 Å². The van der Waals surface area contributed by atoms with Gasteiger partial charge in [0.2, 0.25) is 10.0 Å². The second kappa shape index (κ2) is 4.11. The number of benzene rings is 1. The summed E-state index contributed by atoms with van der Waals surface area (Å²) < 4.78 is 24.5. The van der Waals surface area contributed by atoms with Crippen molar-refractivity contribution in [2.45, 2.75) is 19.9 Å². The van der Waals surface area contributed by atoms with Crippen molar-refractivity contribution in [3.8, 4) is 0 Å². The van der Waals surface area contributed by atoms with Crippen LogP contribution >= 0.6 is 0 Å². The summed E-state index contributed by atoms with van der Waals surface area (Å²) >= 11 is 0. The lowest BCUT2D eigenvalue weighted by Gasteiger charge is -2.12. The molecule has 0 fully saturated rings. The molecule has 0 unspecified atom stereocenters. The largest absolute Gasteiger partial charge is 0.213 e. The zero-order valence-corrected chi connectivity index (χ0v) is 9.43. The molecule has 0 saturated carbocycles. The zero-order valence-electron chi connectivity index (χ0n) is 8.61. The average molecular weight is 213 g/mol. The maximum Gasteiger partial charge on any atom is 0.209 e. The molecule has 14 heavy (non-hydrogen) atoms. The summed E-state index contributed by atoms with van der Waals surface area (Å²) in [6.07, 6.45) is 1.17. The number of rotatable bonds is 3. The highest BCUT2D eigenvalue weighted by molar-refractivity contribution is 7.88. The Morgan fingerprint density at radius 2 is 2.00 bits per heavy atom. The summed E-state index contributed by atoms with van der Waals surface area (Å²) in [5.41, 5.74) is 2.11. The van der Waals surface area contributed by atoms with E-state index in [1.807, 2.05) is 38.1 Å². The van der Waals surface area contributed by atoms with Crippen LogP contribution in [-0.4, -0.2) is 14.7 Å². The van der Waals surface area contributed by atoms with Gasteiger partial charge < -0.3 is 0 Å². The van der Waals surface area contributed by atoms with Crippen LogP contribution in [0.2, 0.25) is 0 Å². The molecule has 0 saturated heterocycles. The lowest BCUT2D eigenvalue weighted by Crippen LogP contribution is -2.25. The van der Waals surface area contributed by atoms with Gasteiger partial charge in [-0.15, -0.1) is 0 Å². The van der Waals surface area contributed by atoms with Crippen molar-refractivity contribution in [3.05, 3.63) is 35.4 Å². The summed E-state index contributed by atoms with van der Waals surface area (Å²) in [5.74, 6) is 0. The van der Waals surface area contributed by atoms with Crippen LogP contribution in [0.5, 0.6) is 0 Å². The summed E-state index contributed by atoms with van der Waals surface area (Å²) in [4.78, 5) is 0. The lowest BCUT2D eigenvalue weighted by molar-refractivity contribution is 0.573. The van der Waals surface area contributed by atoms with E-state index < -0.39 is 10.0 Å². The first-order chi connectivity index (χ1) is 6.38. The van der Waals surface area contributed by atoms with E-state index in [-0.39, 0.29) is 6.04 Å². The average Bonchev–Trinajstić information content (AvgIpc) is 2.01. The molecular weight excluding hydrogens is 198 g/mol. The van der Waals surface area contributed by atoms with Crippen LogP contribution in [0.1, 0.15) is 24.1 Å². The van der Waals surface area contributed by atoms with Crippen molar-refractivity contribution in [1.29, 1.82) is 0 Å². The predicted octanol–water partition coefficient (Wildman–Crippen LogP) is 1.61. The lowest BCUT2D eigenvalue weighted by atomic mass is 10.1. The number of sulfonamides is 1. The molecule has 0 aliphatic carbocycles. The normalized spacial score (nSPS) is 13.9. The van der Waals surface area contributed by atoms with Crippen LogP contribution in [-0.2, 0) is 10.0 Å². The van der Waals surface area contributed by atoms with Crippen LogP contribution in [0.4, 0.5) is 0 Å². The van der Waals surface area contributed by atoms with Crippen molar-refractivity contribution in [1.82, 2.24) is 4.72 Å². The molecule has 0 heterocycles. The molecule has 0 aliphatic rings. The van der Waals surface area contributed by atoms with Gasteiger partial charge in [-0.3, -0.25) is 0 Å². The van der Waals surface area contributed by atoms with Crippen LogP contribution in [0.3, 0.4) is 0 Å². The number of hydrogen-bond acceptors (Lipinski definition) is 2. The number of aryl methyl sites for hydroxylation is 1. The van der Waals surface area contributed by atoms with Gasteiger partial charge in [0, 0.05) is 6.04 Å². The van der Waals surface area contributed by atoms with Gasteiger partial charge in [0.1, 0.15) is 0 Å². The highest BCUT2D eigenvalue weighted by Gasteiger charge is 2.10. The van der Waals surface area contributed by atoms with Crippen molar-refractivity contribution < 1.29 is 8.42 Å². The fourth-order valence-electron chi connectivity index (χ4n) is 1.33. The van der Waals surface area contributed by atoms with Crippen molar-refractivity contribution in [3.63, 3.8) is 0 Å². The first-order valence-corrected chi connectivity index (χ1v) is 6.31. The van der Waals surface area contributed by atoms with E-state index in [0.717, 1.165) is 11.1 Å². The Hall–Kier alpha value is -0.870. The second-order valence-corrected chi connectivity index (χ2v) is 5.31. The molecule has 0 radical (unpaired) electrons. The Morgan fingerprint density at radius 3 is 2.50 bits per heavy atom. The number of nitrogens with one attached hydrogen (secondary N) is 1. The van der Waals surface area contributed by atoms with Crippen molar-refractivity contribution >= 4 is 10.0 Å². The van der Waals surface area contributed by atoms with Crippen molar-refractivity contribution in [2.24, 2.45) is 0 Å². The third-order valence-corrected chi connectivity index (χ3v) is 2.71. The maximum atomic E-state index is 11.0. The van der Waals surface area contributed by atoms with E-state index >= 15 is 0 Å². The molecule has 1 aromatic carbocycles. The van der Waals surface area contributed by atoms with Gasteiger partial charge in [-0.1, -0.05) is 29.8 Å². The number of hydrogen-bond donors (Lipinski definition) is 1. The minimum absolute atomic E-state index is 0.176. The maximum absolute atomic E-state index is 11.0. The molecular formula is C10H15NO2S. The smallest absolute Gasteiger partial charge is 0.209 e. The Kier molecular flexibility index (Phi) is 3.29. The van der Waals surface area contributed by atoms with E-state index in [2.05, 4.69) is 4.72 Å². The van der Waals surface area contributed by atoms with Crippen LogP contribution in [0.15, 0.2) is 24.3 Å². The third kappa shape index (κ3) is 3.47. The Labute approximate surface area is 85.2 Å². The quantitative estimate of drug-likeness (QED) is 0.829. The molecule has 0 aliphatic heterocycles. The molecule has 78 valence electrons. The van der Waals surface area contributed by atoms with E-state index in [0.29, 0.717) is 0 Å². The monoisotopic (exact) mass is 213 g/mol. The fourth-order valence-corrected chi connectivity index (χ4v) is 2.11. The van der Waals surface area contributed by atoms with E-state index in [1.54, 1.807) is 0 Å². The Bertz CT molecular complexity index is 412. The molecule has 1 rings (SSSR count). The van der Waals surface area contributed by atoms with Crippen LogP contribution < -0.4 is 4.72 Å². The van der Waals surface area contributed by atoms with Gasteiger partial charge in [0.15, 0.2) is 0 Å². The van der Waals surface area contributed by atoms with E-state index in [9.17, 15) is 8.42 Å². The van der Waals surface area contributed by atoms with E-state index in [4.69, 9.17) is 0 Å². The minimum atomic E-state index is -3.13. The minimum Gasteiger partial charge on any atom is -0.213 e. The molecule has 3 nitrogen and oxygen atoms in total. The molecule has 1 atom stereocenters. The molecule has 0 bridgehead atoms. The van der Waals surface area contributed by atoms with Gasteiger partial charge in [0.25, 0.3) is 0 Å². The molecule has 4 heteroatoms. The highest BCUT2D eigenvalue weighted by Crippen LogP contribution is 2.14. The molecule has 0 spiro atoms. The second-order valence-electron chi connectivity index (χ2n) is 3.53. The van der Waals surface area contributed by atoms with Crippen LogP contribution in [0.25, 0.3) is 0 Å². The highest BCUT2D eigenvalue weighted by atomic mass is 32.2. The first-order valence-electron chi connectivity index (χ1n) is 4.42. The van der Waals surface area contributed by atoms with E-state index in [1.165, 1.54) is 6.26 Å². The summed E-state index contributed by atoms with van der Waals surface area (Å²) in [7, 11) is -3.13. The van der Waals surface area contributed by atoms with Crippen molar-refractivity contribution in [2.75, 3.05) is 6.26 Å². The standard InChI is InChI=1S/C10H15NO2S/c1-8-5-4-6-10(7-8)9(2)11-14(3,12)13/h4-7,9,11H,1-3H3/t9-/m0/s1. The summed E-state index contributed by atoms with van der Waals surface area (Å²) in [6, 6.07) is 7.62. The Morgan fingerprint density at radius 1 is 1.36 bits per heavy atom. The Balaban J connectivity index is 2.85. The third-order valence-electron chi connectivity index (χ3n) is 1.93. The summed E-state index contributed by atoms with van der Waals surface area (Å²) in [5, 5.41) is 0. The zero-order chi connectivity index (χ0) is 10.8. The van der Waals surface area contributed by atoms with Gasteiger partial charge in [0.05, 0.1) is 6.26 Å². The van der Waals surface area contributed by atoms with Gasteiger partial charge >= 0.3 is 0 Å². The SMILES string of the molecule is Cc1cccc([C@H](C)NS(C)(=O)=O)c1. The predicted molar refractivity (Wildman–Crippen MR) is 57.6 cm³/mol. The molecule has 0 amide bonds. The molecule has 0 aromatic heterocycles. The fraction of sp³-hybridized carbons (Fsp3) is 0.400. The molecule has 1 aromatic rings. The topological polar surface area (TPSA) is 46.2 Å². The van der Waals surface area contributed by atoms with Gasteiger partial charge in [-0.25, -0.2) is 13.1 Å². The van der Waals surface area contributed by atoms with Gasteiger partial charge in [-0.05, 0) is 19.4 Å².